The van der Waals surface area contributed by atoms with Crippen molar-refractivity contribution in [2.24, 2.45) is 5.92 Å². The molecule has 1 N–H and O–H groups in total. The Morgan fingerprint density at radius 1 is 1.30 bits per heavy atom. The van der Waals surface area contributed by atoms with E-state index < -0.39 is 24.0 Å². The maximum absolute atomic E-state index is 12.1. The number of carbonyl (C=O) groups excluding carboxylic acids is 2. The second-order valence-electron chi connectivity index (χ2n) is 7.18. The summed E-state index contributed by atoms with van der Waals surface area (Å²) >= 11 is 0. The zero-order valence-corrected chi connectivity index (χ0v) is 15.4. The topological polar surface area (TPSA) is 97.7 Å². The van der Waals surface area contributed by atoms with E-state index in [0.29, 0.717) is 17.9 Å². The molecule has 2 atom stereocenters. The molecule has 2 aliphatic rings. The minimum atomic E-state index is -0.897. The van der Waals surface area contributed by atoms with Crippen molar-refractivity contribution in [2.45, 2.75) is 44.2 Å². The zero-order valence-electron chi connectivity index (χ0n) is 15.4. The molecule has 0 bridgehead atoms. The maximum atomic E-state index is 12.1. The molecule has 1 saturated heterocycles. The second kappa shape index (κ2) is 8.40. The van der Waals surface area contributed by atoms with Crippen LogP contribution >= 0.6 is 0 Å². The monoisotopic (exact) mass is 372 g/mol. The van der Waals surface area contributed by atoms with Crippen molar-refractivity contribution < 1.29 is 23.8 Å². The Labute approximate surface area is 158 Å². The van der Waals surface area contributed by atoms with Gasteiger partial charge in [-0.05, 0) is 62.8 Å². The van der Waals surface area contributed by atoms with Crippen molar-refractivity contribution in [3.8, 4) is 11.8 Å². The van der Waals surface area contributed by atoms with Crippen molar-refractivity contribution >= 4 is 11.9 Å². The lowest BCUT2D eigenvalue weighted by Gasteiger charge is -2.22. The van der Waals surface area contributed by atoms with Crippen molar-refractivity contribution in [1.82, 2.24) is 5.32 Å². The van der Waals surface area contributed by atoms with Crippen LogP contribution in [0.15, 0.2) is 24.3 Å². The van der Waals surface area contributed by atoms with E-state index in [1.165, 1.54) is 0 Å². The van der Waals surface area contributed by atoms with Gasteiger partial charge in [-0.25, -0.2) is 4.79 Å². The van der Waals surface area contributed by atoms with E-state index in [4.69, 9.17) is 14.2 Å². The molecular formula is C20H24N2O5. The lowest BCUT2D eigenvalue weighted by atomic mass is 9.98. The van der Waals surface area contributed by atoms with Crippen LogP contribution in [0.1, 0.15) is 43.0 Å². The van der Waals surface area contributed by atoms with E-state index in [1.807, 2.05) is 0 Å². The fraction of sp³-hybridized carbons (Fsp3) is 0.550. The van der Waals surface area contributed by atoms with E-state index in [9.17, 15) is 14.9 Å². The first-order chi connectivity index (χ1) is 13.0. The predicted molar refractivity (Wildman–Crippen MR) is 96.1 cm³/mol. The summed E-state index contributed by atoms with van der Waals surface area (Å²) < 4.78 is 16.2. The number of hydrogen-bond donors (Lipinski definition) is 1. The van der Waals surface area contributed by atoms with Gasteiger partial charge in [-0.1, -0.05) is 0 Å². The summed E-state index contributed by atoms with van der Waals surface area (Å²) in [6, 6.07) is 8.69. The SMILES string of the molecule is C[C@](C#N)(NC(=O)COC(=O)c1ccc(OC[C@H]2CCCO2)cc1)C1CC1. The van der Waals surface area contributed by atoms with Gasteiger partial charge in [0.05, 0.1) is 17.7 Å². The van der Waals surface area contributed by atoms with Gasteiger partial charge >= 0.3 is 5.97 Å². The molecule has 1 aromatic carbocycles. The minimum Gasteiger partial charge on any atom is -0.491 e. The molecule has 0 unspecified atom stereocenters. The number of nitriles is 1. The molecule has 1 saturated carbocycles. The third kappa shape index (κ3) is 5.20. The lowest BCUT2D eigenvalue weighted by Crippen LogP contribution is -2.48. The first-order valence-electron chi connectivity index (χ1n) is 9.24. The summed E-state index contributed by atoms with van der Waals surface area (Å²) in [5.74, 6) is -0.255. The van der Waals surface area contributed by atoms with Gasteiger partial charge in [-0.2, -0.15) is 5.26 Å². The van der Waals surface area contributed by atoms with Crippen molar-refractivity contribution in [3.05, 3.63) is 29.8 Å². The molecule has 1 aromatic rings. The predicted octanol–water partition coefficient (Wildman–Crippen LogP) is 2.21. The molecule has 0 aromatic heterocycles. The largest absolute Gasteiger partial charge is 0.491 e. The molecule has 7 nitrogen and oxygen atoms in total. The Bertz CT molecular complexity index is 717. The van der Waals surface area contributed by atoms with Crippen LogP contribution in [0, 0.1) is 17.2 Å². The van der Waals surface area contributed by atoms with E-state index >= 15 is 0 Å². The number of ether oxygens (including phenoxy) is 3. The summed E-state index contributed by atoms with van der Waals surface area (Å²) in [6.45, 7) is 2.54. The molecule has 144 valence electrons. The Hall–Kier alpha value is -2.59. The molecular weight excluding hydrogens is 348 g/mol. The molecule has 0 radical (unpaired) electrons. The second-order valence-corrected chi connectivity index (χ2v) is 7.18. The quantitative estimate of drug-likeness (QED) is 0.703. The normalized spacial score (nSPS) is 21.0. The van der Waals surface area contributed by atoms with Crippen molar-refractivity contribution in [3.63, 3.8) is 0 Å². The molecule has 1 heterocycles. The number of esters is 1. The molecule has 2 fully saturated rings. The van der Waals surface area contributed by atoms with Gasteiger partial charge in [0, 0.05) is 6.61 Å². The number of rotatable bonds is 8. The highest BCUT2D eigenvalue weighted by Gasteiger charge is 2.43. The molecule has 1 amide bonds. The Balaban J connectivity index is 1.43. The number of hydrogen-bond acceptors (Lipinski definition) is 6. The first-order valence-corrected chi connectivity index (χ1v) is 9.24. The van der Waals surface area contributed by atoms with Gasteiger partial charge < -0.3 is 19.5 Å². The van der Waals surface area contributed by atoms with E-state index in [0.717, 1.165) is 32.3 Å². The van der Waals surface area contributed by atoms with Crippen LogP contribution in [-0.4, -0.2) is 43.3 Å². The summed E-state index contributed by atoms with van der Waals surface area (Å²) in [5.41, 5.74) is -0.566. The third-order valence-electron chi connectivity index (χ3n) is 4.91. The van der Waals surface area contributed by atoms with Crippen molar-refractivity contribution in [1.29, 1.82) is 5.26 Å². The third-order valence-corrected chi connectivity index (χ3v) is 4.91. The van der Waals surface area contributed by atoms with Crippen LogP contribution in [0.25, 0.3) is 0 Å². The van der Waals surface area contributed by atoms with Crippen LogP contribution in [0.5, 0.6) is 5.75 Å². The number of benzene rings is 1. The molecule has 7 heteroatoms. The molecule has 1 aliphatic carbocycles. The minimum absolute atomic E-state index is 0.128. The van der Waals surface area contributed by atoms with Gasteiger partial charge in [0.25, 0.3) is 5.91 Å². The van der Waals surface area contributed by atoms with Gasteiger partial charge in [0.1, 0.15) is 17.9 Å². The maximum Gasteiger partial charge on any atom is 0.338 e. The van der Waals surface area contributed by atoms with E-state index in [1.54, 1.807) is 31.2 Å². The lowest BCUT2D eigenvalue weighted by molar-refractivity contribution is -0.125. The smallest absolute Gasteiger partial charge is 0.338 e. The molecule has 0 spiro atoms. The Kier molecular flexibility index (Phi) is 5.97. The fourth-order valence-corrected chi connectivity index (χ4v) is 3.07. The molecule has 27 heavy (non-hydrogen) atoms. The number of nitrogens with zero attached hydrogens (tertiary/aromatic N) is 1. The summed E-state index contributed by atoms with van der Waals surface area (Å²) in [6.07, 6.45) is 4.03. The zero-order chi connectivity index (χ0) is 19.3. The van der Waals surface area contributed by atoms with Gasteiger partial charge in [0.15, 0.2) is 6.61 Å². The summed E-state index contributed by atoms with van der Waals surface area (Å²) in [7, 11) is 0. The summed E-state index contributed by atoms with van der Waals surface area (Å²) in [4.78, 5) is 24.1. The van der Waals surface area contributed by atoms with Crippen molar-refractivity contribution in [2.75, 3.05) is 19.8 Å². The average Bonchev–Trinajstić information content (AvgIpc) is 3.42. The standard InChI is InChI=1S/C20H24N2O5/c1-20(13-21,15-6-7-15)22-18(23)12-27-19(24)14-4-8-16(9-5-14)26-11-17-3-2-10-25-17/h4-5,8-9,15,17H,2-3,6-7,10-12H2,1H3,(H,22,23)/t17-,20-/m1/s1. The average molecular weight is 372 g/mol. The highest BCUT2D eigenvalue weighted by Crippen LogP contribution is 2.39. The van der Waals surface area contributed by atoms with Crippen LogP contribution in [0.4, 0.5) is 0 Å². The van der Waals surface area contributed by atoms with Gasteiger partial charge in [0.2, 0.25) is 0 Å². The summed E-state index contributed by atoms with van der Waals surface area (Å²) in [5, 5.41) is 11.9. The fourth-order valence-electron chi connectivity index (χ4n) is 3.07. The highest BCUT2D eigenvalue weighted by atomic mass is 16.5. The van der Waals surface area contributed by atoms with Crippen LogP contribution < -0.4 is 10.1 Å². The number of nitrogens with one attached hydrogen (secondary N) is 1. The molecule has 1 aliphatic heterocycles. The van der Waals surface area contributed by atoms with Gasteiger partial charge in [-0.3, -0.25) is 4.79 Å². The Morgan fingerprint density at radius 2 is 2.04 bits per heavy atom. The van der Waals surface area contributed by atoms with Crippen LogP contribution in [0.3, 0.4) is 0 Å². The van der Waals surface area contributed by atoms with Crippen LogP contribution in [0.2, 0.25) is 0 Å². The van der Waals surface area contributed by atoms with Crippen LogP contribution in [-0.2, 0) is 14.3 Å². The Morgan fingerprint density at radius 3 is 2.63 bits per heavy atom. The number of amides is 1. The first kappa shape index (κ1) is 19.2. The van der Waals surface area contributed by atoms with Gasteiger partial charge in [-0.15, -0.1) is 0 Å². The van der Waals surface area contributed by atoms with E-state index in [-0.39, 0.29) is 12.0 Å². The van der Waals surface area contributed by atoms with E-state index in [2.05, 4.69) is 11.4 Å². The highest BCUT2D eigenvalue weighted by molar-refractivity contribution is 5.91. The number of carbonyl (C=O) groups is 2. The molecule has 3 rings (SSSR count).